The second-order valence-corrected chi connectivity index (χ2v) is 11.0. The van der Waals surface area contributed by atoms with Crippen LogP contribution in [0.15, 0.2) is 42.5 Å². The van der Waals surface area contributed by atoms with E-state index in [9.17, 15) is 22.5 Å². The largest absolute Gasteiger partial charge is 0.417 e. The SMILES string of the molecule is CP(=O)(OCI)N1CCC(NC(=O)c2cccc(-c3ccc(Cl)c(C(F)(F)F)c3)c2)CC1. The molecule has 1 saturated heterocycles. The van der Waals surface area contributed by atoms with Gasteiger partial charge in [-0.1, -0.05) is 52.4 Å². The van der Waals surface area contributed by atoms with E-state index in [1.807, 2.05) is 27.3 Å². The first-order chi connectivity index (χ1) is 15.0. The topological polar surface area (TPSA) is 58.6 Å². The molecule has 2 aromatic carbocycles. The summed E-state index contributed by atoms with van der Waals surface area (Å²) in [7, 11) is -2.82. The molecule has 174 valence electrons. The van der Waals surface area contributed by atoms with Crippen molar-refractivity contribution >= 4 is 47.6 Å². The van der Waals surface area contributed by atoms with Gasteiger partial charge in [-0.3, -0.25) is 9.36 Å². The number of piperidine rings is 1. The number of carbonyl (C=O) groups excluding carboxylic acids is 1. The summed E-state index contributed by atoms with van der Waals surface area (Å²) in [6.45, 7) is 2.68. The van der Waals surface area contributed by atoms with Crippen molar-refractivity contribution in [2.45, 2.75) is 25.1 Å². The van der Waals surface area contributed by atoms with Gasteiger partial charge in [0.2, 0.25) is 0 Å². The highest BCUT2D eigenvalue weighted by Crippen LogP contribution is 2.48. The monoisotopic (exact) mass is 600 g/mol. The van der Waals surface area contributed by atoms with Gasteiger partial charge in [0, 0.05) is 31.4 Å². The van der Waals surface area contributed by atoms with Crippen LogP contribution in [-0.2, 0) is 15.3 Å². The molecule has 0 spiro atoms. The highest BCUT2D eigenvalue weighted by molar-refractivity contribution is 14.1. The Morgan fingerprint density at radius 3 is 2.50 bits per heavy atom. The number of amides is 1. The van der Waals surface area contributed by atoms with E-state index in [1.54, 1.807) is 30.9 Å². The standard InChI is InChI=1S/C21H22ClF3IN2O3P/c1-32(30,31-13-26)28-9-7-17(8-10-28)27-20(29)16-4-2-3-14(11-16)15-5-6-19(22)18(12-15)21(23,24)25/h2-6,11-12,17H,7-10,13H2,1H3,(H,27,29). The Kier molecular flexibility index (Phi) is 8.30. The minimum absolute atomic E-state index is 0.0885. The molecule has 1 fully saturated rings. The van der Waals surface area contributed by atoms with Gasteiger partial charge in [-0.05, 0) is 48.2 Å². The molecule has 1 amide bonds. The van der Waals surface area contributed by atoms with Gasteiger partial charge in [-0.15, -0.1) is 0 Å². The van der Waals surface area contributed by atoms with Crippen molar-refractivity contribution < 1.29 is 27.1 Å². The number of halogens is 5. The molecule has 2 aromatic rings. The Morgan fingerprint density at radius 2 is 1.88 bits per heavy atom. The molecule has 0 radical (unpaired) electrons. The zero-order valence-corrected chi connectivity index (χ0v) is 21.0. The number of rotatable bonds is 6. The Morgan fingerprint density at radius 1 is 1.22 bits per heavy atom. The van der Waals surface area contributed by atoms with Gasteiger partial charge in [0.15, 0.2) is 0 Å². The van der Waals surface area contributed by atoms with Crippen molar-refractivity contribution in [2.75, 3.05) is 24.4 Å². The average molecular weight is 601 g/mol. The van der Waals surface area contributed by atoms with Crippen LogP contribution in [0.25, 0.3) is 11.1 Å². The first kappa shape index (κ1) is 25.5. The summed E-state index contributed by atoms with van der Waals surface area (Å²) in [5, 5.41) is 2.59. The van der Waals surface area contributed by atoms with Gasteiger partial charge in [0.05, 0.1) is 10.6 Å². The van der Waals surface area contributed by atoms with Crippen LogP contribution in [0.5, 0.6) is 0 Å². The molecule has 0 aromatic heterocycles. The zero-order chi connectivity index (χ0) is 23.5. The molecule has 1 heterocycles. The predicted octanol–water partition coefficient (Wildman–Crippen LogP) is 6.45. The van der Waals surface area contributed by atoms with E-state index in [0.717, 1.165) is 6.07 Å². The third-order valence-corrected chi connectivity index (χ3v) is 8.51. The second kappa shape index (κ2) is 10.4. The first-order valence-electron chi connectivity index (χ1n) is 9.83. The van der Waals surface area contributed by atoms with E-state index in [0.29, 0.717) is 47.2 Å². The molecular formula is C21H22ClF3IN2O3P. The molecule has 32 heavy (non-hydrogen) atoms. The summed E-state index contributed by atoms with van der Waals surface area (Å²) in [4.78, 5) is 12.8. The van der Waals surface area contributed by atoms with Crippen LogP contribution in [0.3, 0.4) is 0 Å². The fourth-order valence-corrected chi connectivity index (χ4v) is 6.65. The molecule has 0 bridgehead atoms. The molecule has 1 aliphatic heterocycles. The Balaban J connectivity index is 1.69. The predicted molar refractivity (Wildman–Crippen MR) is 127 cm³/mol. The van der Waals surface area contributed by atoms with Crippen molar-refractivity contribution in [1.82, 2.24) is 9.99 Å². The molecule has 1 N–H and O–H groups in total. The van der Waals surface area contributed by atoms with Crippen LogP contribution in [0.2, 0.25) is 5.02 Å². The molecule has 0 saturated carbocycles. The van der Waals surface area contributed by atoms with E-state index in [2.05, 4.69) is 5.32 Å². The van der Waals surface area contributed by atoms with Crippen molar-refractivity contribution in [1.29, 1.82) is 0 Å². The lowest BCUT2D eigenvalue weighted by Gasteiger charge is -2.35. The number of alkyl halides is 4. The number of carbonyl (C=O) groups is 1. The highest BCUT2D eigenvalue weighted by atomic mass is 127. The third-order valence-electron chi connectivity index (χ3n) is 5.34. The van der Waals surface area contributed by atoms with Crippen molar-refractivity contribution in [3.63, 3.8) is 0 Å². The second-order valence-electron chi connectivity index (χ2n) is 7.52. The van der Waals surface area contributed by atoms with Crippen molar-refractivity contribution in [3.05, 3.63) is 58.6 Å². The average Bonchev–Trinajstić information content (AvgIpc) is 2.73. The number of benzene rings is 2. The number of nitrogens with one attached hydrogen (secondary N) is 1. The smallest absolute Gasteiger partial charge is 0.349 e. The molecule has 1 unspecified atom stereocenters. The van der Waals surface area contributed by atoms with Crippen LogP contribution in [-0.4, -0.2) is 41.0 Å². The molecule has 5 nitrogen and oxygen atoms in total. The van der Waals surface area contributed by atoms with Gasteiger partial charge >= 0.3 is 6.18 Å². The van der Waals surface area contributed by atoms with Crippen LogP contribution < -0.4 is 5.32 Å². The third kappa shape index (κ3) is 6.26. The molecule has 0 aliphatic carbocycles. The normalized spacial score (nSPS) is 17.7. The van der Waals surface area contributed by atoms with Gasteiger partial charge < -0.3 is 9.84 Å². The Hall–Kier alpha value is -1.13. The minimum Gasteiger partial charge on any atom is -0.349 e. The van der Waals surface area contributed by atoms with E-state index >= 15 is 0 Å². The molecular weight excluding hydrogens is 579 g/mol. The Labute approximate surface area is 203 Å². The summed E-state index contributed by atoms with van der Waals surface area (Å²) >= 11 is 7.71. The number of hydrogen-bond acceptors (Lipinski definition) is 3. The minimum atomic E-state index is -4.57. The van der Waals surface area contributed by atoms with Crippen LogP contribution in [0.1, 0.15) is 28.8 Å². The molecule has 1 atom stereocenters. The van der Waals surface area contributed by atoms with E-state index in [1.165, 1.54) is 12.1 Å². The highest BCUT2D eigenvalue weighted by Gasteiger charge is 2.33. The zero-order valence-electron chi connectivity index (χ0n) is 17.2. The maximum Gasteiger partial charge on any atom is 0.417 e. The number of nitrogens with zero attached hydrogens (tertiary/aromatic N) is 1. The van der Waals surface area contributed by atoms with Crippen LogP contribution in [0.4, 0.5) is 13.2 Å². The van der Waals surface area contributed by atoms with Crippen molar-refractivity contribution in [2.24, 2.45) is 0 Å². The fraction of sp³-hybridized carbons (Fsp3) is 0.381. The van der Waals surface area contributed by atoms with Crippen LogP contribution in [0, 0.1) is 0 Å². The summed E-state index contributed by atoms with van der Waals surface area (Å²) in [5.74, 6) is -0.307. The van der Waals surface area contributed by atoms with E-state index < -0.39 is 19.3 Å². The Bertz CT molecular complexity index is 1030. The van der Waals surface area contributed by atoms with Crippen molar-refractivity contribution in [3.8, 4) is 11.1 Å². The lowest BCUT2D eigenvalue weighted by atomic mass is 10.00. The summed E-state index contributed by atoms with van der Waals surface area (Å²) in [6.07, 6.45) is -3.32. The summed E-state index contributed by atoms with van der Waals surface area (Å²) in [5.41, 5.74) is 0.233. The maximum absolute atomic E-state index is 13.2. The lowest BCUT2D eigenvalue weighted by Crippen LogP contribution is -2.43. The van der Waals surface area contributed by atoms with Gasteiger partial charge in [-0.25, -0.2) is 4.67 Å². The van der Waals surface area contributed by atoms with Gasteiger partial charge in [-0.2, -0.15) is 13.2 Å². The molecule has 3 rings (SSSR count). The first-order valence-corrected chi connectivity index (χ1v) is 13.8. The molecule has 1 aliphatic rings. The van der Waals surface area contributed by atoms with E-state index in [4.69, 9.17) is 16.1 Å². The van der Waals surface area contributed by atoms with Crippen LogP contribution >= 0.6 is 41.7 Å². The van der Waals surface area contributed by atoms with Gasteiger partial charge in [0.1, 0.15) is 4.61 Å². The fourth-order valence-electron chi connectivity index (χ4n) is 3.58. The lowest BCUT2D eigenvalue weighted by molar-refractivity contribution is -0.137. The van der Waals surface area contributed by atoms with Gasteiger partial charge in [0.25, 0.3) is 13.4 Å². The summed E-state index contributed by atoms with van der Waals surface area (Å²) < 4.78 is 59.6. The maximum atomic E-state index is 13.2. The number of hydrogen-bond donors (Lipinski definition) is 1. The quantitative estimate of drug-likeness (QED) is 0.235. The molecule has 11 heteroatoms. The summed E-state index contributed by atoms with van der Waals surface area (Å²) in [6, 6.07) is 10.0. The van der Waals surface area contributed by atoms with E-state index in [-0.39, 0.29) is 17.0 Å².